The Labute approximate surface area is 183 Å². The minimum absolute atomic E-state index is 0.00977. The second kappa shape index (κ2) is 10.2. The molecule has 3 aromatic rings. The molecule has 4 nitrogen and oxygen atoms in total. The molecule has 0 saturated heterocycles. The zero-order valence-corrected chi connectivity index (χ0v) is 17.2. The lowest BCUT2D eigenvalue weighted by Crippen LogP contribution is -2.04. The molecule has 0 amide bonds. The number of benzene rings is 3. The average molecular weight is 442 g/mol. The maximum absolute atomic E-state index is 12.7. The summed E-state index contributed by atoms with van der Waals surface area (Å²) in [5, 5.41) is 10.1. The summed E-state index contributed by atoms with van der Waals surface area (Å²) in [5.41, 5.74) is 2.87. The SMILES string of the molecule is COC(=O)/C=C/c1ccc(COCc2cccc(-c3ccc(C(F)(F)F)cc3)c2)cc1O. The first-order chi connectivity index (χ1) is 15.3. The molecule has 0 saturated carbocycles. The molecule has 3 aromatic carbocycles. The number of carbonyl (C=O) groups excluding carboxylic acids is 1. The highest BCUT2D eigenvalue weighted by molar-refractivity contribution is 5.87. The number of hydrogen-bond acceptors (Lipinski definition) is 4. The fourth-order valence-corrected chi connectivity index (χ4v) is 3.02. The summed E-state index contributed by atoms with van der Waals surface area (Å²) in [6.07, 6.45) is -1.69. The highest BCUT2D eigenvalue weighted by Gasteiger charge is 2.29. The average Bonchev–Trinajstić information content (AvgIpc) is 2.78. The van der Waals surface area contributed by atoms with Gasteiger partial charge in [0.15, 0.2) is 0 Å². The maximum Gasteiger partial charge on any atom is 0.416 e. The highest BCUT2D eigenvalue weighted by Crippen LogP contribution is 2.31. The number of ether oxygens (including phenoxy) is 2. The minimum atomic E-state index is -4.36. The molecule has 0 aliphatic rings. The number of carbonyl (C=O) groups is 1. The lowest BCUT2D eigenvalue weighted by atomic mass is 10.0. The molecule has 7 heteroatoms. The Morgan fingerprint density at radius 3 is 2.25 bits per heavy atom. The number of alkyl halides is 3. The number of phenols is 1. The Morgan fingerprint density at radius 2 is 1.62 bits per heavy atom. The van der Waals surface area contributed by atoms with E-state index in [0.29, 0.717) is 17.7 Å². The van der Waals surface area contributed by atoms with Crippen LogP contribution in [0.4, 0.5) is 13.2 Å². The number of methoxy groups -OCH3 is 1. The molecular formula is C25H21F3O4. The third-order valence-corrected chi connectivity index (χ3v) is 4.71. The van der Waals surface area contributed by atoms with Gasteiger partial charge in [0.2, 0.25) is 0 Å². The molecule has 0 bridgehead atoms. The van der Waals surface area contributed by atoms with Crippen LogP contribution in [0, 0.1) is 0 Å². The van der Waals surface area contributed by atoms with Gasteiger partial charge in [0.25, 0.3) is 0 Å². The van der Waals surface area contributed by atoms with E-state index >= 15 is 0 Å². The first-order valence-electron chi connectivity index (χ1n) is 9.68. The number of aromatic hydroxyl groups is 1. The molecule has 0 aliphatic heterocycles. The van der Waals surface area contributed by atoms with Gasteiger partial charge in [-0.3, -0.25) is 0 Å². The monoisotopic (exact) mass is 442 g/mol. The fraction of sp³-hybridized carbons (Fsp3) is 0.160. The van der Waals surface area contributed by atoms with Gasteiger partial charge in [0.05, 0.1) is 25.9 Å². The van der Waals surface area contributed by atoms with E-state index in [1.807, 2.05) is 24.3 Å². The van der Waals surface area contributed by atoms with E-state index < -0.39 is 17.7 Å². The number of halogens is 3. The minimum Gasteiger partial charge on any atom is -0.507 e. The standard InChI is InChI=1S/C25H21F3O4/c1-31-24(30)12-9-20-6-5-18(14-23(20)29)16-32-15-17-3-2-4-21(13-17)19-7-10-22(11-8-19)25(26,27)28/h2-14,29H,15-16H2,1H3/b12-9+. The summed E-state index contributed by atoms with van der Waals surface area (Å²) >= 11 is 0. The summed E-state index contributed by atoms with van der Waals surface area (Å²) in [6.45, 7) is 0.540. The fourth-order valence-electron chi connectivity index (χ4n) is 3.02. The van der Waals surface area contributed by atoms with Gasteiger partial charge in [0.1, 0.15) is 5.75 Å². The molecule has 1 N–H and O–H groups in total. The molecule has 0 aromatic heterocycles. The van der Waals surface area contributed by atoms with Gasteiger partial charge in [-0.05, 0) is 52.6 Å². The van der Waals surface area contributed by atoms with Gasteiger partial charge in [-0.15, -0.1) is 0 Å². The second-order valence-corrected chi connectivity index (χ2v) is 7.02. The van der Waals surface area contributed by atoms with Crippen molar-refractivity contribution in [3.63, 3.8) is 0 Å². The van der Waals surface area contributed by atoms with E-state index in [1.54, 1.807) is 18.2 Å². The van der Waals surface area contributed by atoms with Gasteiger partial charge < -0.3 is 14.6 Å². The molecule has 0 radical (unpaired) electrons. The lowest BCUT2D eigenvalue weighted by Gasteiger charge is -2.10. The molecule has 3 rings (SSSR count). The summed E-state index contributed by atoms with van der Waals surface area (Å²) in [6, 6.07) is 17.4. The lowest BCUT2D eigenvalue weighted by molar-refractivity contribution is -0.137. The van der Waals surface area contributed by atoms with Crippen LogP contribution in [0.2, 0.25) is 0 Å². The van der Waals surface area contributed by atoms with Crippen LogP contribution >= 0.6 is 0 Å². The second-order valence-electron chi connectivity index (χ2n) is 7.02. The summed E-state index contributed by atoms with van der Waals surface area (Å²) in [7, 11) is 1.27. The van der Waals surface area contributed by atoms with Crippen molar-refractivity contribution in [1.29, 1.82) is 0 Å². The molecule has 166 valence electrons. The van der Waals surface area contributed by atoms with Crippen molar-refractivity contribution in [3.05, 3.63) is 95.1 Å². The Kier molecular flexibility index (Phi) is 7.33. The van der Waals surface area contributed by atoms with Crippen molar-refractivity contribution in [2.24, 2.45) is 0 Å². The quantitative estimate of drug-likeness (QED) is 0.361. The molecule has 0 atom stereocenters. The van der Waals surface area contributed by atoms with Gasteiger partial charge in [-0.25, -0.2) is 4.79 Å². The van der Waals surface area contributed by atoms with E-state index in [-0.39, 0.29) is 12.4 Å². The van der Waals surface area contributed by atoms with Crippen LogP contribution in [0.3, 0.4) is 0 Å². The van der Waals surface area contributed by atoms with E-state index in [0.717, 1.165) is 28.8 Å². The van der Waals surface area contributed by atoms with E-state index in [2.05, 4.69) is 4.74 Å². The number of esters is 1. The molecule has 0 heterocycles. The predicted molar refractivity (Wildman–Crippen MR) is 115 cm³/mol. The van der Waals surface area contributed by atoms with Gasteiger partial charge >= 0.3 is 12.1 Å². The van der Waals surface area contributed by atoms with Crippen LogP contribution in [0.5, 0.6) is 5.75 Å². The Hall–Kier alpha value is -3.58. The van der Waals surface area contributed by atoms with Crippen molar-refractivity contribution in [1.82, 2.24) is 0 Å². The third-order valence-electron chi connectivity index (χ3n) is 4.71. The predicted octanol–water partition coefficient (Wildman–Crippen LogP) is 5.98. The number of hydrogen-bond donors (Lipinski definition) is 1. The van der Waals surface area contributed by atoms with Gasteiger partial charge in [-0.2, -0.15) is 13.2 Å². The van der Waals surface area contributed by atoms with Crippen LogP contribution in [0.25, 0.3) is 17.2 Å². The summed E-state index contributed by atoms with van der Waals surface area (Å²) < 4.78 is 48.5. The van der Waals surface area contributed by atoms with Crippen molar-refractivity contribution < 1.29 is 32.5 Å². The molecule has 32 heavy (non-hydrogen) atoms. The Bertz CT molecular complexity index is 1100. The smallest absolute Gasteiger partial charge is 0.416 e. The molecule has 0 spiro atoms. The van der Waals surface area contributed by atoms with E-state index in [1.165, 1.54) is 31.4 Å². The zero-order chi connectivity index (χ0) is 23.1. The molecular weight excluding hydrogens is 421 g/mol. The van der Waals surface area contributed by atoms with Crippen LogP contribution in [-0.4, -0.2) is 18.2 Å². The van der Waals surface area contributed by atoms with Crippen LogP contribution in [0.1, 0.15) is 22.3 Å². The highest BCUT2D eigenvalue weighted by atomic mass is 19.4. The number of phenolic OH excluding ortho intramolecular Hbond substituents is 1. The Morgan fingerprint density at radius 1 is 0.938 bits per heavy atom. The van der Waals surface area contributed by atoms with Crippen LogP contribution < -0.4 is 0 Å². The van der Waals surface area contributed by atoms with Crippen LogP contribution in [-0.2, 0) is 33.7 Å². The maximum atomic E-state index is 12.7. The van der Waals surface area contributed by atoms with Crippen molar-refractivity contribution in [2.75, 3.05) is 7.11 Å². The topological polar surface area (TPSA) is 55.8 Å². The van der Waals surface area contributed by atoms with E-state index in [9.17, 15) is 23.1 Å². The summed E-state index contributed by atoms with van der Waals surface area (Å²) in [5.74, 6) is -0.508. The van der Waals surface area contributed by atoms with Gasteiger partial charge in [-0.1, -0.05) is 42.5 Å². The Balaban J connectivity index is 1.60. The number of rotatable bonds is 7. The third kappa shape index (κ3) is 6.21. The molecule has 0 unspecified atom stereocenters. The first kappa shape index (κ1) is 23.1. The summed E-state index contributed by atoms with van der Waals surface area (Å²) in [4.78, 5) is 11.2. The zero-order valence-electron chi connectivity index (χ0n) is 17.2. The van der Waals surface area contributed by atoms with Gasteiger partial charge in [0, 0.05) is 11.6 Å². The van der Waals surface area contributed by atoms with E-state index in [4.69, 9.17) is 4.74 Å². The first-order valence-corrected chi connectivity index (χ1v) is 9.68. The molecule has 0 aliphatic carbocycles. The largest absolute Gasteiger partial charge is 0.507 e. The van der Waals surface area contributed by atoms with Crippen LogP contribution in [0.15, 0.2) is 72.8 Å². The van der Waals surface area contributed by atoms with Crippen molar-refractivity contribution in [2.45, 2.75) is 19.4 Å². The molecule has 0 fully saturated rings. The normalized spacial score (nSPS) is 11.6. The van der Waals surface area contributed by atoms with Crippen molar-refractivity contribution >= 4 is 12.0 Å². The van der Waals surface area contributed by atoms with Crippen molar-refractivity contribution in [3.8, 4) is 16.9 Å².